The highest BCUT2D eigenvalue weighted by Gasteiger charge is 2.47. The van der Waals surface area contributed by atoms with E-state index in [4.69, 9.17) is 4.74 Å². The van der Waals surface area contributed by atoms with Gasteiger partial charge in [-0.05, 0) is 43.0 Å². The average molecular weight is 342 g/mol. The highest BCUT2D eigenvalue weighted by Crippen LogP contribution is 2.44. The molecule has 2 fully saturated rings. The van der Waals surface area contributed by atoms with Crippen LogP contribution in [0.1, 0.15) is 24.0 Å². The summed E-state index contributed by atoms with van der Waals surface area (Å²) in [7, 11) is 1.70. The van der Waals surface area contributed by atoms with E-state index in [0.717, 1.165) is 39.0 Å². The molecule has 0 saturated carbocycles. The minimum absolute atomic E-state index is 0.175. The average Bonchev–Trinajstić information content (AvgIpc) is 2.85. The molecule has 1 aromatic rings. The van der Waals surface area contributed by atoms with Gasteiger partial charge in [-0.15, -0.1) is 0 Å². The van der Waals surface area contributed by atoms with Crippen LogP contribution in [-0.2, 0) is 17.5 Å². The number of methoxy groups -OCH3 is 1. The standard InChI is InChI=1S/C18H25F3N2O/c1-24-12-15-11-23(13-17(15)6-8-22-9-7-17)10-14-4-2-3-5-16(14)18(19,20)21/h2-5,15,22H,6-13H2,1H3. The van der Waals surface area contributed by atoms with Crippen LogP contribution >= 0.6 is 0 Å². The van der Waals surface area contributed by atoms with Gasteiger partial charge in [-0.3, -0.25) is 4.90 Å². The number of hydrogen-bond acceptors (Lipinski definition) is 3. The molecular weight excluding hydrogens is 317 g/mol. The molecule has 1 aromatic carbocycles. The SMILES string of the molecule is COCC1CN(Cc2ccccc2C(F)(F)F)CC12CCNCC2. The van der Waals surface area contributed by atoms with Gasteiger partial charge in [0, 0.05) is 32.7 Å². The van der Waals surface area contributed by atoms with E-state index in [1.165, 1.54) is 12.1 Å². The maximum atomic E-state index is 13.2. The molecule has 1 N–H and O–H groups in total. The van der Waals surface area contributed by atoms with Gasteiger partial charge in [0.15, 0.2) is 0 Å². The van der Waals surface area contributed by atoms with E-state index in [0.29, 0.717) is 24.6 Å². The molecule has 1 unspecified atom stereocenters. The van der Waals surface area contributed by atoms with Crippen LogP contribution in [0.3, 0.4) is 0 Å². The lowest BCUT2D eigenvalue weighted by molar-refractivity contribution is -0.138. The summed E-state index contributed by atoms with van der Waals surface area (Å²) < 4.78 is 45.1. The molecule has 2 aliphatic rings. The third kappa shape index (κ3) is 3.60. The van der Waals surface area contributed by atoms with Gasteiger partial charge in [-0.2, -0.15) is 13.2 Å². The molecule has 0 amide bonds. The van der Waals surface area contributed by atoms with Crippen molar-refractivity contribution in [2.24, 2.45) is 11.3 Å². The predicted octanol–water partition coefficient (Wildman–Crippen LogP) is 3.15. The molecular formula is C18H25F3N2O. The summed E-state index contributed by atoms with van der Waals surface area (Å²) >= 11 is 0. The fourth-order valence-corrected chi connectivity index (χ4v) is 4.36. The first-order chi connectivity index (χ1) is 11.4. The zero-order chi connectivity index (χ0) is 17.2. The van der Waals surface area contributed by atoms with Crippen molar-refractivity contribution in [3.8, 4) is 0 Å². The molecule has 1 atom stereocenters. The summed E-state index contributed by atoms with van der Waals surface area (Å²) in [4.78, 5) is 2.18. The van der Waals surface area contributed by atoms with Crippen molar-refractivity contribution in [1.29, 1.82) is 0 Å². The Labute approximate surface area is 141 Å². The normalized spacial score (nSPS) is 24.6. The van der Waals surface area contributed by atoms with Crippen LogP contribution in [0.5, 0.6) is 0 Å². The number of hydrogen-bond donors (Lipinski definition) is 1. The van der Waals surface area contributed by atoms with Gasteiger partial charge < -0.3 is 10.1 Å². The summed E-state index contributed by atoms with van der Waals surface area (Å²) in [5, 5.41) is 3.38. The molecule has 134 valence electrons. The fourth-order valence-electron chi connectivity index (χ4n) is 4.36. The van der Waals surface area contributed by atoms with E-state index in [1.807, 2.05) is 0 Å². The molecule has 0 aromatic heterocycles. The van der Waals surface area contributed by atoms with Crippen molar-refractivity contribution in [3.05, 3.63) is 35.4 Å². The molecule has 1 spiro atoms. The summed E-state index contributed by atoms with van der Waals surface area (Å²) in [6.45, 7) is 4.65. The van der Waals surface area contributed by atoms with E-state index in [1.54, 1.807) is 19.2 Å². The van der Waals surface area contributed by atoms with Gasteiger partial charge in [-0.25, -0.2) is 0 Å². The van der Waals surface area contributed by atoms with Crippen molar-refractivity contribution < 1.29 is 17.9 Å². The van der Waals surface area contributed by atoms with Gasteiger partial charge in [0.1, 0.15) is 0 Å². The summed E-state index contributed by atoms with van der Waals surface area (Å²) in [5.74, 6) is 0.391. The first-order valence-electron chi connectivity index (χ1n) is 8.52. The second kappa shape index (κ2) is 7.02. The van der Waals surface area contributed by atoms with Crippen molar-refractivity contribution in [2.45, 2.75) is 25.6 Å². The second-order valence-electron chi connectivity index (χ2n) is 7.09. The highest BCUT2D eigenvalue weighted by molar-refractivity contribution is 5.29. The number of likely N-dealkylation sites (tertiary alicyclic amines) is 1. The maximum absolute atomic E-state index is 13.2. The Morgan fingerprint density at radius 3 is 2.62 bits per heavy atom. The van der Waals surface area contributed by atoms with E-state index in [9.17, 15) is 13.2 Å². The van der Waals surface area contributed by atoms with Crippen LogP contribution in [0.2, 0.25) is 0 Å². The van der Waals surface area contributed by atoms with E-state index in [-0.39, 0.29) is 5.41 Å². The molecule has 0 radical (unpaired) electrons. The Morgan fingerprint density at radius 2 is 1.96 bits per heavy atom. The van der Waals surface area contributed by atoms with E-state index >= 15 is 0 Å². The van der Waals surface area contributed by atoms with Crippen LogP contribution in [0.4, 0.5) is 13.2 Å². The first kappa shape index (κ1) is 17.7. The van der Waals surface area contributed by atoms with Gasteiger partial charge in [-0.1, -0.05) is 18.2 Å². The summed E-state index contributed by atoms with van der Waals surface area (Å²) in [6, 6.07) is 5.92. The van der Waals surface area contributed by atoms with Gasteiger partial charge in [0.2, 0.25) is 0 Å². The van der Waals surface area contributed by atoms with Gasteiger partial charge >= 0.3 is 6.18 Å². The number of halogens is 3. The smallest absolute Gasteiger partial charge is 0.384 e. The van der Waals surface area contributed by atoms with Gasteiger partial charge in [0.25, 0.3) is 0 Å². The molecule has 3 nitrogen and oxygen atoms in total. The number of alkyl halides is 3. The molecule has 2 heterocycles. The number of nitrogens with one attached hydrogen (secondary N) is 1. The number of piperidine rings is 1. The Hall–Kier alpha value is -1.11. The molecule has 3 rings (SSSR count). The number of ether oxygens (including phenoxy) is 1. The quantitative estimate of drug-likeness (QED) is 0.910. The lowest BCUT2D eigenvalue weighted by Crippen LogP contribution is -2.43. The van der Waals surface area contributed by atoms with E-state index in [2.05, 4.69) is 10.2 Å². The van der Waals surface area contributed by atoms with Crippen molar-refractivity contribution >= 4 is 0 Å². The first-order valence-corrected chi connectivity index (χ1v) is 8.52. The largest absolute Gasteiger partial charge is 0.416 e. The highest BCUT2D eigenvalue weighted by atomic mass is 19.4. The number of rotatable bonds is 4. The Balaban J connectivity index is 1.77. The molecule has 2 aliphatic heterocycles. The molecule has 0 aliphatic carbocycles. The molecule has 0 bridgehead atoms. The minimum atomic E-state index is -4.30. The summed E-state index contributed by atoms with van der Waals surface area (Å²) in [5.41, 5.74) is 0.0285. The van der Waals surface area contributed by atoms with E-state index < -0.39 is 11.7 Å². The third-order valence-corrected chi connectivity index (χ3v) is 5.57. The van der Waals surface area contributed by atoms with Crippen LogP contribution in [0.15, 0.2) is 24.3 Å². The molecule has 24 heavy (non-hydrogen) atoms. The molecule has 2 saturated heterocycles. The second-order valence-corrected chi connectivity index (χ2v) is 7.09. The Bertz CT molecular complexity index is 555. The number of nitrogens with zero attached hydrogens (tertiary/aromatic N) is 1. The Morgan fingerprint density at radius 1 is 1.25 bits per heavy atom. The molecule has 6 heteroatoms. The third-order valence-electron chi connectivity index (χ3n) is 5.57. The van der Waals surface area contributed by atoms with Crippen molar-refractivity contribution in [2.75, 3.05) is 39.9 Å². The van der Waals surface area contributed by atoms with Crippen LogP contribution in [-0.4, -0.2) is 44.8 Å². The zero-order valence-electron chi connectivity index (χ0n) is 14.0. The lowest BCUT2D eigenvalue weighted by Gasteiger charge is -2.38. The minimum Gasteiger partial charge on any atom is -0.384 e. The number of benzene rings is 1. The van der Waals surface area contributed by atoms with Gasteiger partial charge in [0.05, 0.1) is 12.2 Å². The van der Waals surface area contributed by atoms with Crippen molar-refractivity contribution in [1.82, 2.24) is 10.2 Å². The van der Waals surface area contributed by atoms with Crippen LogP contribution in [0, 0.1) is 11.3 Å². The zero-order valence-corrected chi connectivity index (χ0v) is 14.0. The monoisotopic (exact) mass is 342 g/mol. The van der Waals surface area contributed by atoms with Crippen LogP contribution < -0.4 is 5.32 Å². The Kier molecular flexibility index (Phi) is 5.18. The maximum Gasteiger partial charge on any atom is 0.416 e. The summed E-state index contributed by atoms with van der Waals surface area (Å²) in [6.07, 6.45) is -2.16. The lowest BCUT2D eigenvalue weighted by atomic mass is 9.71. The van der Waals surface area contributed by atoms with Crippen molar-refractivity contribution in [3.63, 3.8) is 0 Å². The predicted molar refractivity (Wildman–Crippen MR) is 86.6 cm³/mol. The fraction of sp³-hybridized carbons (Fsp3) is 0.667. The topological polar surface area (TPSA) is 24.5 Å². The van der Waals surface area contributed by atoms with Crippen LogP contribution in [0.25, 0.3) is 0 Å².